The zero-order valence-electron chi connectivity index (χ0n) is 17.7. The van der Waals surface area contributed by atoms with E-state index in [4.69, 9.17) is 14.2 Å². The fraction of sp³-hybridized carbons (Fsp3) is 0.435. The summed E-state index contributed by atoms with van der Waals surface area (Å²) in [4.78, 5) is 25.7. The van der Waals surface area contributed by atoms with Crippen LogP contribution in [0.25, 0.3) is 0 Å². The Bertz CT molecular complexity index is 974. The van der Waals surface area contributed by atoms with Crippen molar-refractivity contribution in [2.45, 2.75) is 38.5 Å². The van der Waals surface area contributed by atoms with Crippen LogP contribution in [0, 0.1) is 15.5 Å². The van der Waals surface area contributed by atoms with Gasteiger partial charge in [0, 0.05) is 18.7 Å². The molecular formula is C23H26N2O6. The maximum Gasteiger partial charge on any atom is 0.323 e. The number of methoxy groups -OCH3 is 2. The summed E-state index contributed by atoms with van der Waals surface area (Å²) in [5.41, 5.74) is 1.53. The predicted octanol–water partition coefficient (Wildman–Crippen LogP) is 3.71. The van der Waals surface area contributed by atoms with E-state index in [0.29, 0.717) is 17.1 Å². The van der Waals surface area contributed by atoms with Gasteiger partial charge in [-0.1, -0.05) is 30.3 Å². The van der Waals surface area contributed by atoms with Gasteiger partial charge in [-0.2, -0.15) is 0 Å². The number of rotatable bonds is 8. The average Bonchev–Trinajstić information content (AvgIpc) is 3.44. The molecule has 31 heavy (non-hydrogen) atoms. The van der Waals surface area contributed by atoms with Gasteiger partial charge in [-0.3, -0.25) is 19.8 Å². The summed E-state index contributed by atoms with van der Waals surface area (Å²) in [6, 6.07) is 12.2. The lowest BCUT2D eigenvalue weighted by atomic mass is 10.0. The third kappa shape index (κ3) is 4.49. The maximum atomic E-state index is 12.3. The van der Waals surface area contributed by atoms with Crippen LogP contribution in [-0.2, 0) is 22.7 Å². The number of carbonyl (C=O) groups is 1. The van der Waals surface area contributed by atoms with Gasteiger partial charge in [-0.25, -0.2) is 0 Å². The molecule has 2 aromatic rings. The molecule has 0 bridgehead atoms. The van der Waals surface area contributed by atoms with Crippen molar-refractivity contribution in [3.05, 3.63) is 63.7 Å². The number of benzene rings is 2. The number of nitro benzene ring substituents is 1. The van der Waals surface area contributed by atoms with Crippen molar-refractivity contribution < 1.29 is 23.9 Å². The van der Waals surface area contributed by atoms with E-state index in [-0.39, 0.29) is 36.3 Å². The fourth-order valence-corrected chi connectivity index (χ4v) is 4.33. The number of nitro groups is 1. The molecule has 0 aromatic heterocycles. The summed E-state index contributed by atoms with van der Waals surface area (Å²) in [5.74, 6) is 0.444. The molecule has 1 aliphatic carbocycles. The Morgan fingerprint density at radius 3 is 2.55 bits per heavy atom. The van der Waals surface area contributed by atoms with E-state index in [9.17, 15) is 14.9 Å². The Kier molecular flexibility index (Phi) is 5.82. The molecule has 2 aliphatic rings. The molecule has 0 amide bonds. The van der Waals surface area contributed by atoms with E-state index in [1.54, 1.807) is 6.07 Å². The summed E-state index contributed by atoms with van der Waals surface area (Å²) in [6.45, 7) is 1.28. The molecule has 4 rings (SSSR count). The molecule has 1 saturated carbocycles. The van der Waals surface area contributed by atoms with E-state index in [1.165, 1.54) is 20.3 Å². The van der Waals surface area contributed by atoms with E-state index in [1.807, 2.05) is 35.2 Å². The van der Waals surface area contributed by atoms with Crippen LogP contribution in [-0.4, -0.2) is 42.6 Å². The van der Waals surface area contributed by atoms with Gasteiger partial charge in [-0.05, 0) is 36.3 Å². The third-order valence-electron chi connectivity index (χ3n) is 6.21. The highest BCUT2D eigenvalue weighted by atomic mass is 16.6. The minimum atomic E-state index is -0.416. The molecule has 0 radical (unpaired) electrons. The molecular weight excluding hydrogens is 400 g/mol. The van der Waals surface area contributed by atoms with Gasteiger partial charge < -0.3 is 14.2 Å². The Labute approximate surface area is 180 Å². The number of esters is 1. The first-order chi connectivity index (χ1) is 14.9. The summed E-state index contributed by atoms with van der Waals surface area (Å²) in [7, 11) is 2.88. The monoisotopic (exact) mass is 426 g/mol. The molecule has 8 nitrogen and oxygen atoms in total. The normalized spacial score (nSPS) is 19.2. The standard InChI is InChI=1S/C23H26N2O6/c1-29-20-10-17(13-24-15-23(8-9-23)12-19(24)22(26)30-2)18(25(27)28)11-21(20)31-14-16-6-4-3-5-7-16/h3-7,10-11,19H,8-9,12-15H2,1-2H3/t19-/m0/s1. The van der Waals surface area contributed by atoms with Crippen LogP contribution in [0.2, 0.25) is 0 Å². The van der Waals surface area contributed by atoms with Gasteiger partial charge in [0.25, 0.3) is 5.69 Å². The first-order valence-electron chi connectivity index (χ1n) is 10.3. The van der Waals surface area contributed by atoms with Crippen LogP contribution in [0.5, 0.6) is 11.5 Å². The van der Waals surface area contributed by atoms with E-state index in [2.05, 4.69) is 0 Å². The first-order valence-corrected chi connectivity index (χ1v) is 10.3. The van der Waals surface area contributed by atoms with Crippen molar-refractivity contribution in [3.8, 4) is 11.5 Å². The van der Waals surface area contributed by atoms with Gasteiger partial charge in [-0.15, -0.1) is 0 Å². The number of carbonyl (C=O) groups excluding carboxylic acids is 1. The Balaban J connectivity index is 1.59. The largest absolute Gasteiger partial charge is 0.493 e. The fourth-order valence-electron chi connectivity index (χ4n) is 4.33. The minimum absolute atomic E-state index is 0.0516. The van der Waals surface area contributed by atoms with E-state index in [0.717, 1.165) is 31.4 Å². The SMILES string of the molecule is COC(=O)[C@@H]1CC2(CC2)CN1Cc1cc(OC)c(OCc2ccccc2)cc1[N+](=O)[O-]. The number of likely N-dealkylation sites (tertiary alicyclic amines) is 1. The molecule has 0 N–H and O–H groups in total. The lowest BCUT2D eigenvalue weighted by molar-refractivity contribution is -0.385. The van der Waals surface area contributed by atoms with Gasteiger partial charge >= 0.3 is 5.97 Å². The van der Waals surface area contributed by atoms with Gasteiger partial charge in [0.15, 0.2) is 11.5 Å². The van der Waals surface area contributed by atoms with Crippen molar-refractivity contribution in [3.63, 3.8) is 0 Å². The Morgan fingerprint density at radius 1 is 1.19 bits per heavy atom. The van der Waals surface area contributed by atoms with Crippen LogP contribution in [0.4, 0.5) is 5.69 Å². The smallest absolute Gasteiger partial charge is 0.323 e. The van der Waals surface area contributed by atoms with Crippen LogP contribution >= 0.6 is 0 Å². The topological polar surface area (TPSA) is 91.1 Å². The van der Waals surface area contributed by atoms with Gasteiger partial charge in [0.05, 0.1) is 25.2 Å². The van der Waals surface area contributed by atoms with Crippen molar-refractivity contribution in [1.29, 1.82) is 0 Å². The van der Waals surface area contributed by atoms with Crippen LogP contribution in [0.1, 0.15) is 30.4 Å². The molecule has 1 saturated heterocycles. The molecule has 1 heterocycles. The van der Waals surface area contributed by atoms with Gasteiger partial charge in [0.1, 0.15) is 12.6 Å². The summed E-state index contributed by atoms with van der Waals surface area (Å²) in [5, 5.41) is 11.8. The molecule has 8 heteroatoms. The molecule has 0 unspecified atom stereocenters. The second kappa shape index (κ2) is 8.55. The highest BCUT2D eigenvalue weighted by Gasteiger charge is 2.54. The number of hydrogen-bond donors (Lipinski definition) is 0. The summed E-state index contributed by atoms with van der Waals surface area (Å²) < 4.78 is 16.3. The predicted molar refractivity (Wildman–Crippen MR) is 113 cm³/mol. The lowest BCUT2D eigenvalue weighted by Gasteiger charge is -2.23. The van der Waals surface area contributed by atoms with Crippen molar-refractivity contribution in [1.82, 2.24) is 4.90 Å². The first kappa shape index (κ1) is 21.1. The molecule has 2 aromatic carbocycles. The number of nitrogens with zero attached hydrogens (tertiary/aromatic N) is 2. The zero-order valence-corrected chi connectivity index (χ0v) is 17.7. The summed E-state index contributed by atoms with van der Waals surface area (Å²) >= 11 is 0. The van der Waals surface area contributed by atoms with Crippen molar-refractivity contribution in [2.75, 3.05) is 20.8 Å². The Hall–Kier alpha value is -3.13. The Morgan fingerprint density at radius 2 is 1.94 bits per heavy atom. The lowest BCUT2D eigenvalue weighted by Crippen LogP contribution is -2.36. The van der Waals surface area contributed by atoms with Crippen molar-refractivity contribution in [2.24, 2.45) is 5.41 Å². The molecule has 1 atom stereocenters. The zero-order chi connectivity index (χ0) is 22.0. The number of ether oxygens (including phenoxy) is 3. The van der Waals surface area contributed by atoms with Crippen LogP contribution < -0.4 is 9.47 Å². The van der Waals surface area contributed by atoms with Gasteiger partial charge in [0.2, 0.25) is 0 Å². The average molecular weight is 426 g/mol. The second-order valence-electron chi connectivity index (χ2n) is 8.31. The maximum absolute atomic E-state index is 12.3. The molecule has 1 spiro atoms. The number of hydrogen-bond acceptors (Lipinski definition) is 7. The van der Waals surface area contributed by atoms with Crippen molar-refractivity contribution >= 4 is 11.7 Å². The quantitative estimate of drug-likeness (QED) is 0.361. The third-order valence-corrected chi connectivity index (χ3v) is 6.21. The van der Waals surface area contributed by atoms with E-state index < -0.39 is 4.92 Å². The van der Waals surface area contributed by atoms with Crippen LogP contribution in [0.3, 0.4) is 0 Å². The minimum Gasteiger partial charge on any atom is -0.493 e. The van der Waals surface area contributed by atoms with Crippen LogP contribution in [0.15, 0.2) is 42.5 Å². The second-order valence-corrected chi connectivity index (χ2v) is 8.31. The van der Waals surface area contributed by atoms with E-state index >= 15 is 0 Å². The highest BCUT2D eigenvalue weighted by Crippen LogP contribution is 2.55. The summed E-state index contributed by atoms with van der Waals surface area (Å²) in [6.07, 6.45) is 2.90. The highest BCUT2D eigenvalue weighted by molar-refractivity contribution is 5.76. The molecule has 2 fully saturated rings. The molecule has 1 aliphatic heterocycles. The molecule has 164 valence electrons.